The molecule has 2 atom stereocenters. The molecule has 10 heteroatoms. The minimum absolute atomic E-state index is 0.0171. The van der Waals surface area contributed by atoms with Gasteiger partial charge in [0.25, 0.3) is 5.92 Å². The van der Waals surface area contributed by atoms with Crippen LogP contribution in [0.5, 0.6) is 11.5 Å². The van der Waals surface area contributed by atoms with Crippen LogP contribution in [0.4, 0.5) is 8.78 Å². The molecule has 1 N–H and O–H groups in total. The summed E-state index contributed by atoms with van der Waals surface area (Å²) < 4.78 is 64.9. The minimum Gasteiger partial charge on any atom is -0.750 e. The van der Waals surface area contributed by atoms with Crippen LogP contribution in [0.2, 0.25) is 0 Å². The average molecular weight is 450 g/mol. The zero-order valence-electron chi connectivity index (χ0n) is 15.3. The number of rotatable bonds is 12. The Kier molecular flexibility index (Phi) is 9.25. The van der Waals surface area contributed by atoms with E-state index in [2.05, 4.69) is 4.18 Å². The fourth-order valence-electron chi connectivity index (χ4n) is 2.30. The van der Waals surface area contributed by atoms with Crippen LogP contribution in [-0.4, -0.2) is 45.7 Å². The van der Waals surface area contributed by atoms with E-state index in [1.165, 1.54) is 48.5 Å². The molecular weight excluding hydrogens is 430 g/mol. The Morgan fingerprint density at radius 1 is 1.00 bits per heavy atom. The van der Waals surface area contributed by atoms with Gasteiger partial charge < -0.3 is 23.3 Å². The maximum Gasteiger partial charge on any atom is 0.298 e. The van der Waals surface area contributed by atoms with Crippen molar-refractivity contribution in [1.29, 1.82) is 0 Å². The van der Waals surface area contributed by atoms with Gasteiger partial charge in [0.1, 0.15) is 24.2 Å². The fraction of sp³-hybridized carbons (Fsp3) is 0.368. The molecule has 29 heavy (non-hydrogen) atoms. The van der Waals surface area contributed by atoms with Gasteiger partial charge in [-0.2, -0.15) is 8.78 Å². The molecule has 2 aromatic carbocycles. The summed E-state index contributed by atoms with van der Waals surface area (Å²) in [4.78, 5) is 0. The molecular formula is C19H20ClF2O6S-. The molecule has 0 spiro atoms. The van der Waals surface area contributed by atoms with Crippen molar-refractivity contribution in [3.05, 3.63) is 59.7 Å². The van der Waals surface area contributed by atoms with E-state index in [1.807, 2.05) is 0 Å². The maximum atomic E-state index is 14.7. The highest BCUT2D eigenvalue weighted by Gasteiger charge is 2.33. The molecule has 0 heterocycles. The van der Waals surface area contributed by atoms with Crippen LogP contribution in [0.15, 0.2) is 48.5 Å². The predicted octanol–water partition coefficient (Wildman–Crippen LogP) is 3.38. The summed E-state index contributed by atoms with van der Waals surface area (Å²) in [6.07, 6.45) is -0.496. The second kappa shape index (κ2) is 11.4. The van der Waals surface area contributed by atoms with E-state index in [9.17, 15) is 22.6 Å². The van der Waals surface area contributed by atoms with E-state index in [4.69, 9.17) is 21.1 Å². The molecule has 0 aliphatic rings. The van der Waals surface area contributed by atoms with Crippen molar-refractivity contribution < 1.29 is 36.3 Å². The molecule has 0 aliphatic heterocycles. The van der Waals surface area contributed by atoms with E-state index in [0.29, 0.717) is 17.9 Å². The minimum atomic E-state index is -3.22. The number of benzene rings is 2. The number of alkyl halides is 3. The Morgan fingerprint density at radius 2 is 1.52 bits per heavy atom. The molecule has 160 valence electrons. The van der Waals surface area contributed by atoms with Gasteiger partial charge in [-0.15, -0.1) is 11.6 Å². The summed E-state index contributed by atoms with van der Waals surface area (Å²) >= 11 is 2.91. The van der Waals surface area contributed by atoms with Crippen LogP contribution in [0.1, 0.15) is 17.5 Å². The van der Waals surface area contributed by atoms with Crippen molar-refractivity contribution in [2.45, 2.75) is 18.4 Å². The van der Waals surface area contributed by atoms with Gasteiger partial charge in [-0.1, -0.05) is 0 Å². The smallest absolute Gasteiger partial charge is 0.298 e. The second-order valence-electron chi connectivity index (χ2n) is 5.97. The van der Waals surface area contributed by atoms with Crippen LogP contribution in [-0.2, 0) is 21.5 Å². The standard InChI is InChI=1S/C19H21ClF2O6S/c20-12-16(23)13-27-18-8-4-15(5-9-18)19(21,22)14-2-6-17(7-3-14)26-10-1-11-28-29(24)25/h2-9,16,23H,1,10-13H2,(H,24,25)/p-1. The molecule has 0 fully saturated rings. The van der Waals surface area contributed by atoms with Crippen LogP contribution in [0, 0.1) is 0 Å². The van der Waals surface area contributed by atoms with E-state index >= 15 is 0 Å². The first-order chi connectivity index (χ1) is 13.8. The molecule has 6 nitrogen and oxygen atoms in total. The lowest BCUT2D eigenvalue weighted by Crippen LogP contribution is -2.19. The topological polar surface area (TPSA) is 88.1 Å². The van der Waals surface area contributed by atoms with Gasteiger partial charge >= 0.3 is 0 Å². The molecule has 0 saturated carbocycles. The number of halogens is 3. The quantitative estimate of drug-likeness (QED) is 0.303. The van der Waals surface area contributed by atoms with Crippen LogP contribution >= 0.6 is 11.6 Å². The SMILES string of the molecule is O=S([O-])OCCCOc1ccc(C(F)(F)c2ccc(OCC(O)CCl)cc2)cc1. The predicted molar refractivity (Wildman–Crippen MR) is 103 cm³/mol. The van der Waals surface area contributed by atoms with E-state index in [-0.39, 0.29) is 36.8 Å². The third-order valence-electron chi connectivity index (χ3n) is 3.79. The van der Waals surface area contributed by atoms with E-state index in [1.54, 1.807) is 0 Å². The van der Waals surface area contributed by atoms with Crippen LogP contribution < -0.4 is 9.47 Å². The van der Waals surface area contributed by atoms with Crippen LogP contribution in [0.3, 0.4) is 0 Å². The van der Waals surface area contributed by atoms with Crippen molar-refractivity contribution in [2.24, 2.45) is 0 Å². The van der Waals surface area contributed by atoms with Crippen molar-refractivity contribution in [3.8, 4) is 11.5 Å². The fourth-order valence-corrected chi connectivity index (χ4v) is 2.64. The Balaban J connectivity index is 1.93. The second-order valence-corrected chi connectivity index (χ2v) is 6.92. The number of ether oxygens (including phenoxy) is 2. The van der Waals surface area contributed by atoms with Gasteiger partial charge in [0.05, 0.1) is 30.5 Å². The summed E-state index contributed by atoms with van der Waals surface area (Å²) in [6.45, 7) is 0.144. The third kappa shape index (κ3) is 7.52. The summed E-state index contributed by atoms with van der Waals surface area (Å²) in [5.74, 6) is -2.47. The highest BCUT2D eigenvalue weighted by molar-refractivity contribution is 7.74. The Hall–Kier alpha value is -1.78. The number of hydrogen-bond acceptors (Lipinski definition) is 6. The van der Waals surface area contributed by atoms with Crippen molar-refractivity contribution >= 4 is 23.0 Å². The molecule has 0 bridgehead atoms. The van der Waals surface area contributed by atoms with Gasteiger partial charge in [-0.05, 0) is 48.5 Å². The molecule has 2 unspecified atom stereocenters. The van der Waals surface area contributed by atoms with E-state index < -0.39 is 23.4 Å². The maximum absolute atomic E-state index is 14.7. The lowest BCUT2D eigenvalue weighted by molar-refractivity contribution is 0.0427. The molecule has 0 aliphatic carbocycles. The van der Waals surface area contributed by atoms with Crippen molar-refractivity contribution in [3.63, 3.8) is 0 Å². The average Bonchev–Trinajstić information content (AvgIpc) is 2.72. The van der Waals surface area contributed by atoms with Gasteiger partial charge in [-0.3, -0.25) is 0 Å². The summed E-state index contributed by atoms with van der Waals surface area (Å²) in [5.41, 5.74) is -0.416. The Labute approximate surface area is 174 Å². The lowest BCUT2D eigenvalue weighted by atomic mass is 10.0. The van der Waals surface area contributed by atoms with Crippen molar-refractivity contribution in [1.82, 2.24) is 0 Å². The van der Waals surface area contributed by atoms with Gasteiger partial charge in [-0.25, -0.2) is 4.21 Å². The molecule has 0 aromatic heterocycles. The van der Waals surface area contributed by atoms with Crippen molar-refractivity contribution in [2.75, 3.05) is 25.7 Å². The molecule has 2 aromatic rings. The monoisotopic (exact) mass is 449 g/mol. The molecule has 2 rings (SSSR count). The largest absolute Gasteiger partial charge is 0.750 e. The highest BCUT2D eigenvalue weighted by Crippen LogP contribution is 2.37. The molecule has 0 radical (unpaired) electrons. The third-order valence-corrected chi connectivity index (χ3v) is 4.51. The van der Waals surface area contributed by atoms with E-state index in [0.717, 1.165) is 0 Å². The van der Waals surface area contributed by atoms with Gasteiger partial charge in [0, 0.05) is 17.5 Å². The van der Waals surface area contributed by atoms with Crippen LogP contribution in [0.25, 0.3) is 0 Å². The Morgan fingerprint density at radius 3 is 2.00 bits per heavy atom. The molecule has 0 amide bonds. The summed E-state index contributed by atoms with van der Waals surface area (Å²) in [5, 5.41) is 9.36. The normalized spacial score (nSPS) is 13.7. The van der Waals surface area contributed by atoms with Gasteiger partial charge in [0.2, 0.25) is 0 Å². The number of aliphatic hydroxyl groups excluding tert-OH is 1. The summed E-state index contributed by atoms with van der Waals surface area (Å²) in [7, 11) is 0. The van der Waals surface area contributed by atoms with Gasteiger partial charge in [0.15, 0.2) is 0 Å². The molecule has 0 saturated heterocycles. The zero-order chi connectivity index (χ0) is 21.3. The first kappa shape index (κ1) is 23.5. The Bertz CT molecular complexity index is 773. The number of aliphatic hydroxyl groups is 1. The first-order valence-electron chi connectivity index (χ1n) is 8.64. The highest BCUT2D eigenvalue weighted by atomic mass is 35.5. The summed E-state index contributed by atoms with van der Waals surface area (Å²) in [6, 6.07) is 10.7. The first-order valence-corrected chi connectivity index (χ1v) is 10.2. The number of hydrogen-bond donors (Lipinski definition) is 1. The zero-order valence-corrected chi connectivity index (χ0v) is 16.8. The lowest BCUT2D eigenvalue weighted by Gasteiger charge is -2.18.